The van der Waals surface area contributed by atoms with Crippen molar-refractivity contribution >= 4 is 5.78 Å². The van der Waals surface area contributed by atoms with Crippen molar-refractivity contribution in [3.8, 4) is 17.2 Å². The Morgan fingerprint density at radius 2 is 1.94 bits per heavy atom. The molecule has 4 rings (SSSR count). The van der Waals surface area contributed by atoms with Gasteiger partial charge >= 0.3 is 0 Å². The molecule has 0 fully saturated rings. The van der Waals surface area contributed by atoms with Gasteiger partial charge in [-0.25, -0.2) is 4.39 Å². The summed E-state index contributed by atoms with van der Waals surface area (Å²) in [6.45, 7) is 5.45. The standard InChI is InChI=1S/C30H34FNO4/c1-4-23(33)11-14-32-13-10-22-18-28(35-3)29(36-15-12-21-6-5-7-24(34)17-21)19-26(22)30(32)25-9-8-20(2)16-27(25)31/h5-9,16-19,30,34H,4,10-15H2,1-3H3. The van der Waals surface area contributed by atoms with Gasteiger partial charge in [0, 0.05) is 37.9 Å². The number of carbonyl (C=O) groups excluding carboxylic acids is 1. The Morgan fingerprint density at radius 3 is 2.67 bits per heavy atom. The number of Topliss-reactive ketones (excluding diaryl/α,β-unsaturated/α-hetero) is 1. The van der Waals surface area contributed by atoms with Gasteiger partial charge in [-0.05, 0) is 65.9 Å². The Labute approximate surface area is 212 Å². The van der Waals surface area contributed by atoms with Crippen molar-refractivity contribution in [2.24, 2.45) is 0 Å². The molecule has 1 unspecified atom stereocenters. The van der Waals surface area contributed by atoms with E-state index in [0.717, 1.165) is 35.2 Å². The zero-order valence-electron chi connectivity index (χ0n) is 21.2. The first-order valence-electron chi connectivity index (χ1n) is 12.5. The molecule has 0 aromatic heterocycles. The second kappa shape index (κ2) is 11.6. The first kappa shape index (κ1) is 25.7. The molecule has 1 heterocycles. The number of nitrogens with zero attached hydrogens (tertiary/aromatic N) is 1. The lowest BCUT2D eigenvalue weighted by Crippen LogP contribution is -2.38. The number of methoxy groups -OCH3 is 1. The van der Waals surface area contributed by atoms with Crippen LogP contribution >= 0.6 is 0 Å². The van der Waals surface area contributed by atoms with Gasteiger partial charge in [0.2, 0.25) is 0 Å². The first-order chi connectivity index (χ1) is 17.4. The van der Waals surface area contributed by atoms with Gasteiger partial charge in [-0.1, -0.05) is 31.2 Å². The normalized spacial score (nSPS) is 15.4. The van der Waals surface area contributed by atoms with Crippen LogP contribution in [0.25, 0.3) is 0 Å². The Bertz CT molecular complexity index is 1230. The SMILES string of the molecule is CCC(=O)CCN1CCc2cc(OC)c(OCCc3cccc(O)c3)cc2C1c1ccc(C)cc1F. The number of benzene rings is 3. The molecule has 5 nitrogen and oxygen atoms in total. The number of aryl methyl sites for hydroxylation is 1. The van der Waals surface area contributed by atoms with Crippen molar-refractivity contribution < 1.29 is 23.8 Å². The smallest absolute Gasteiger partial charge is 0.161 e. The van der Waals surface area contributed by atoms with E-state index in [1.807, 2.05) is 50.2 Å². The number of hydrogen-bond donors (Lipinski definition) is 1. The summed E-state index contributed by atoms with van der Waals surface area (Å²) in [4.78, 5) is 14.3. The van der Waals surface area contributed by atoms with Gasteiger partial charge in [-0.3, -0.25) is 9.69 Å². The Morgan fingerprint density at radius 1 is 1.11 bits per heavy atom. The molecular weight excluding hydrogens is 457 g/mol. The number of rotatable bonds is 10. The summed E-state index contributed by atoms with van der Waals surface area (Å²) in [5.41, 5.74) is 4.50. The summed E-state index contributed by atoms with van der Waals surface area (Å²) >= 11 is 0. The Balaban J connectivity index is 1.67. The molecule has 190 valence electrons. The molecular formula is C30H34FNO4. The predicted molar refractivity (Wildman–Crippen MR) is 138 cm³/mol. The van der Waals surface area contributed by atoms with E-state index in [2.05, 4.69) is 4.90 Å². The molecule has 0 saturated carbocycles. The number of phenolic OH excluding ortho intramolecular Hbond substituents is 1. The maximum atomic E-state index is 15.3. The third-order valence-corrected chi connectivity index (χ3v) is 6.84. The Hall–Kier alpha value is -3.38. The van der Waals surface area contributed by atoms with E-state index in [-0.39, 0.29) is 23.4 Å². The number of aromatic hydroxyl groups is 1. The van der Waals surface area contributed by atoms with Gasteiger partial charge in [-0.15, -0.1) is 0 Å². The van der Waals surface area contributed by atoms with Crippen LogP contribution in [0, 0.1) is 12.7 Å². The van der Waals surface area contributed by atoms with E-state index in [0.29, 0.717) is 49.5 Å². The number of halogens is 1. The second-order valence-corrected chi connectivity index (χ2v) is 9.33. The van der Waals surface area contributed by atoms with Crippen LogP contribution in [0.5, 0.6) is 17.2 Å². The highest BCUT2D eigenvalue weighted by atomic mass is 19.1. The van der Waals surface area contributed by atoms with Crippen LogP contribution in [-0.2, 0) is 17.6 Å². The zero-order chi connectivity index (χ0) is 25.7. The van der Waals surface area contributed by atoms with Crippen LogP contribution in [0.3, 0.4) is 0 Å². The summed E-state index contributed by atoms with van der Waals surface area (Å²) in [5, 5.41) is 9.72. The van der Waals surface area contributed by atoms with E-state index < -0.39 is 0 Å². The zero-order valence-corrected chi connectivity index (χ0v) is 21.2. The number of ketones is 1. The summed E-state index contributed by atoms with van der Waals surface area (Å²) in [6, 6.07) is 16.1. The van der Waals surface area contributed by atoms with Crippen LogP contribution in [0.4, 0.5) is 4.39 Å². The van der Waals surface area contributed by atoms with Crippen LogP contribution in [0.1, 0.15) is 53.6 Å². The number of phenols is 1. The third kappa shape index (κ3) is 5.88. The van der Waals surface area contributed by atoms with E-state index in [9.17, 15) is 9.90 Å². The van der Waals surface area contributed by atoms with Crippen LogP contribution in [0.15, 0.2) is 54.6 Å². The summed E-state index contributed by atoms with van der Waals surface area (Å²) < 4.78 is 27.1. The van der Waals surface area contributed by atoms with Gasteiger partial charge < -0.3 is 14.6 Å². The molecule has 0 spiro atoms. The quantitative estimate of drug-likeness (QED) is 0.389. The van der Waals surface area contributed by atoms with E-state index in [4.69, 9.17) is 9.47 Å². The van der Waals surface area contributed by atoms with Crippen LogP contribution < -0.4 is 9.47 Å². The second-order valence-electron chi connectivity index (χ2n) is 9.33. The molecule has 0 saturated heterocycles. The maximum absolute atomic E-state index is 15.3. The summed E-state index contributed by atoms with van der Waals surface area (Å²) in [6.07, 6.45) is 2.34. The van der Waals surface area contributed by atoms with Gasteiger partial charge in [0.05, 0.1) is 19.8 Å². The molecule has 6 heteroatoms. The van der Waals surface area contributed by atoms with Crippen molar-refractivity contribution in [2.75, 3.05) is 26.8 Å². The molecule has 1 atom stereocenters. The maximum Gasteiger partial charge on any atom is 0.161 e. The highest BCUT2D eigenvalue weighted by Gasteiger charge is 2.32. The predicted octanol–water partition coefficient (Wildman–Crippen LogP) is 5.79. The summed E-state index contributed by atoms with van der Waals surface area (Å²) in [7, 11) is 1.62. The van der Waals surface area contributed by atoms with Crippen molar-refractivity contribution in [1.29, 1.82) is 0 Å². The van der Waals surface area contributed by atoms with Crippen molar-refractivity contribution in [3.05, 3.63) is 88.2 Å². The lowest BCUT2D eigenvalue weighted by Gasteiger charge is -2.38. The minimum atomic E-state index is -0.321. The fraction of sp³-hybridized carbons (Fsp3) is 0.367. The largest absolute Gasteiger partial charge is 0.508 e. The van der Waals surface area contributed by atoms with Gasteiger partial charge in [-0.2, -0.15) is 0 Å². The fourth-order valence-corrected chi connectivity index (χ4v) is 4.85. The fourth-order valence-electron chi connectivity index (χ4n) is 4.85. The number of carbonyl (C=O) groups is 1. The number of ether oxygens (including phenoxy) is 2. The molecule has 36 heavy (non-hydrogen) atoms. The van der Waals surface area contributed by atoms with Gasteiger partial charge in [0.1, 0.15) is 17.3 Å². The average molecular weight is 492 g/mol. The van der Waals surface area contributed by atoms with Gasteiger partial charge in [0.15, 0.2) is 11.5 Å². The average Bonchev–Trinajstić information content (AvgIpc) is 2.87. The lowest BCUT2D eigenvalue weighted by atomic mass is 9.87. The van der Waals surface area contributed by atoms with Gasteiger partial charge in [0.25, 0.3) is 0 Å². The van der Waals surface area contributed by atoms with E-state index in [1.165, 1.54) is 0 Å². The minimum Gasteiger partial charge on any atom is -0.508 e. The number of fused-ring (bicyclic) bond motifs is 1. The van der Waals surface area contributed by atoms with E-state index >= 15 is 4.39 Å². The van der Waals surface area contributed by atoms with Crippen LogP contribution in [-0.4, -0.2) is 42.6 Å². The molecule has 1 N–H and O–H groups in total. The molecule has 0 amide bonds. The number of hydrogen-bond acceptors (Lipinski definition) is 5. The highest BCUT2D eigenvalue weighted by Crippen LogP contribution is 2.42. The third-order valence-electron chi connectivity index (χ3n) is 6.84. The van der Waals surface area contributed by atoms with Crippen molar-refractivity contribution in [3.63, 3.8) is 0 Å². The molecule has 1 aliphatic rings. The molecule has 0 aliphatic carbocycles. The highest BCUT2D eigenvalue weighted by molar-refractivity contribution is 5.78. The Kier molecular flexibility index (Phi) is 8.26. The topological polar surface area (TPSA) is 59.0 Å². The summed E-state index contributed by atoms with van der Waals surface area (Å²) in [5.74, 6) is 1.42. The molecule has 1 aliphatic heterocycles. The molecule has 3 aromatic rings. The molecule has 0 radical (unpaired) electrons. The first-order valence-corrected chi connectivity index (χ1v) is 12.5. The monoisotopic (exact) mass is 491 g/mol. The minimum absolute atomic E-state index is 0.203. The van der Waals surface area contributed by atoms with E-state index in [1.54, 1.807) is 25.3 Å². The van der Waals surface area contributed by atoms with Crippen molar-refractivity contribution in [2.45, 2.75) is 45.6 Å². The lowest BCUT2D eigenvalue weighted by molar-refractivity contribution is -0.119. The molecule has 0 bridgehead atoms. The van der Waals surface area contributed by atoms with Crippen molar-refractivity contribution in [1.82, 2.24) is 4.90 Å². The van der Waals surface area contributed by atoms with Crippen LogP contribution in [0.2, 0.25) is 0 Å². The molecule has 3 aromatic carbocycles.